The molecule has 1 aromatic rings. The van der Waals surface area contributed by atoms with E-state index in [0.717, 1.165) is 0 Å². The molecule has 114 valence electrons. The van der Waals surface area contributed by atoms with E-state index in [1.165, 1.54) is 30.3 Å². The number of likely N-dealkylation sites (N-methyl/N-ethyl adjacent to an activating group) is 1. The Kier molecular flexibility index (Phi) is 3.95. The number of carbonyl (C=O) groups is 2. The molecule has 0 spiro atoms. The van der Waals surface area contributed by atoms with E-state index in [4.69, 9.17) is 0 Å². The van der Waals surface area contributed by atoms with Crippen molar-refractivity contribution >= 4 is 17.7 Å². The molecule has 1 fully saturated rings. The highest BCUT2D eigenvalue weighted by atomic mass is 19.1. The lowest BCUT2D eigenvalue weighted by Crippen LogP contribution is -2.54. The maximum absolute atomic E-state index is 13.0. The zero-order valence-electron chi connectivity index (χ0n) is 12.3. The zero-order chi connectivity index (χ0) is 15.8. The molecule has 2 rings (SSSR count). The second kappa shape index (κ2) is 5.40. The molecule has 0 bridgehead atoms. The Labute approximate surface area is 122 Å². The predicted molar refractivity (Wildman–Crippen MR) is 75.1 cm³/mol. The van der Waals surface area contributed by atoms with Gasteiger partial charge in [0, 0.05) is 19.0 Å². The molecule has 7 heteroatoms. The summed E-state index contributed by atoms with van der Waals surface area (Å²) < 4.78 is 12.9. The number of carbonyl (C=O) groups excluding carboxylic acids is 1. The molecule has 1 aliphatic heterocycles. The first-order chi connectivity index (χ1) is 9.78. The number of carboxylic acids is 1. The number of hydrogen-bond donors (Lipinski definition) is 1. The van der Waals surface area contributed by atoms with Crippen LogP contribution in [0.4, 0.5) is 14.9 Å². The van der Waals surface area contributed by atoms with Crippen molar-refractivity contribution in [1.29, 1.82) is 0 Å². The van der Waals surface area contributed by atoms with Gasteiger partial charge in [-0.15, -0.1) is 0 Å². The maximum Gasteiger partial charge on any atom is 0.425 e. The van der Waals surface area contributed by atoms with Gasteiger partial charge >= 0.3 is 12.0 Å². The van der Waals surface area contributed by atoms with Gasteiger partial charge in [-0.3, -0.25) is 4.90 Å². The zero-order valence-corrected chi connectivity index (χ0v) is 12.3. The van der Waals surface area contributed by atoms with Crippen LogP contribution in [0.1, 0.15) is 13.8 Å². The first-order valence-corrected chi connectivity index (χ1v) is 6.77. The minimum atomic E-state index is -1.04. The molecule has 1 aliphatic rings. The third-order valence-electron chi connectivity index (χ3n) is 3.79. The average molecular weight is 296 g/mol. The summed E-state index contributed by atoms with van der Waals surface area (Å²) in [6, 6.07) is 1.50. The van der Waals surface area contributed by atoms with E-state index in [2.05, 4.69) is 4.98 Å². The van der Waals surface area contributed by atoms with E-state index in [1.807, 2.05) is 13.8 Å². The van der Waals surface area contributed by atoms with Crippen LogP contribution in [0.5, 0.6) is 0 Å². The molecule has 0 aromatic carbocycles. The Morgan fingerprint density at radius 3 is 2.67 bits per heavy atom. The molecule has 6 nitrogen and oxygen atoms in total. The summed E-state index contributed by atoms with van der Waals surface area (Å²) in [5.41, 5.74) is 0.519. The van der Waals surface area contributed by atoms with Gasteiger partial charge in [0.1, 0.15) is 6.54 Å². The number of quaternary nitrogens is 1. The second-order valence-electron chi connectivity index (χ2n) is 5.81. The lowest BCUT2D eigenvalue weighted by molar-refractivity contribution is -0.140. The Bertz CT molecular complexity index is 561. The van der Waals surface area contributed by atoms with Gasteiger partial charge in [-0.1, -0.05) is 13.8 Å². The minimum Gasteiger partial charge on any atom is -0.480 e. The van der Waals surface area contributed by atoms with Crippen molar-refractivity contribution in [2.24, 2.45) is 5.92 Å². The van der Waals surface area contributed by atoms with E-state index in [1.54, 1.807) is 0 Å². The summed E-state index contributed by atoms with van der Waals surface area (Å²) in [6.07, 6.45) is 1.31. The van der Waals surface area contributed by atoms with Gasteiger partial charge in [0.25, 0.3) is 0 Å². The Hall–Kier alpha value is -2.02. The van der Waals surface area contributed by atoms with Gasteiger partial charge in [-0.2, -0.15) is 4.39 Å². The van der Waals surface area contributed by atoms with Crippen molar-refractivity contribution < 1.29 is 19.1 Å². The Morgan fingerprint density at radius 1 is 1.57 bits per heavy atom. The number of amides is 2. The first-order valence-electron chi connectivity index (χ1n) is 6.77. The molecule has 1 N–H and O–H groups in total. The third-order valence-corrected chi connectivity index (χ3v) is 3.79. The van der Waals surface area contributed by atoms with Crippen LogP contribution < -0.4 is 4.48 Å². The molecule has 2 unspecified atom stereocenters. The van der Waals surface area contributed by atoms with Crippen molar-refractivity contribution in [2.45, 2.75) is 19.9 Å². The van der Waals surface area contributed by atoms with Crippen molar-refractivity contribution in [1.82, 2.24) is 14.4 Å². The van der Waals surface area contributed by atoms with Crippen molar-refractivity contribution in [3.05, 3.63) is 24.3 Å². The van der Waals surface area contributed by atoms with Crippen LogP contribution in [0.2, 0.25) is 0 Å². The molecule has 2 atom stereocenters. The number of aromatic nitrogens is 1. The van der Waals surface area contributed by atoms with Crippen LogP contribution >= 0.6 is 0 Å². The molecular formula is C14H19FN3O3+. The maximum atomic E-state index is 13.0. The van der Waals surface area contributed by atoms with Gasteiger partial charge in [-0.05, 0) is 6.07 Å². The lowest BCUT2D eigenvalue weighted by Gasteiger charge is -2.31. The summed E-state index contributed by atoms with van der Waals surface area (Å²) in [4.78, 5) is 28.9. The first kappa shape index (κ1) is 15.4. The summed E-state index contributed by atoms with van der Waals surface area (Å²) in [6.45, 7) is 4.48. The van der Waals surface area contributed by atoms with Crippen molar-refractivity contribution in [3.63, 3.8) is 0 Å². The number of aliphatic carboxylic acids is 1. The molecule has 21 heavy (non-hydrogen) atoms. The minimum absolute atomic E-state index is 0.121. The molecule has 2 amide bonds. The van der Waals surface area contributed by atoms with Crippen LogP contribution in [-0.4, -0.2) is 53.2 Å². The van der Waals surface area contributed by atoms with Gasteiger partial charge in [-0.25, -0.2) is 19.1 Å². The highest BCUT2D eigenvalue weighted by molar-refractivity contribution is 5.94. The normalized spacial score (nSPS) is 25.7. The fraction of sp³-hybridized carbons (Fsp3) is 0.500. The summed E-state index contributed by atoms with van der Waals surface area (Å²) in [5, 5.41) is 9.28. The van der Waals surface area contributed by atoms with E-state index in [0.29, 0.717) is 12.2 Å². The van der Waals surface area contributed by atoms with E-state index < -0.39 is 18.0 Å². The fourth-order valence-electron chi connectivity index (χ4n) is 2.89. The fourth-order valence-corrected chi connectivity index (χ4v) is 2.89. The van der Waals surface area contributed by atoms with Gasteiger partial charge < -0.3 is 5.11 Å². The van der Waals surface area contributed by atoms with Crippen LogP contribution in [0.3, 0.4) is 0 Å². The molecule has 2 heterocycles. The average Bonchev–Trinajstić information content (AvgIpc) is 2.65. The predicted octanol–water partition coefficient (Wildman–Crippen LogP) is 1.70. The number of pyridine rings is 1. The Morgan fingerprint density at radius 2 is 2.24 bits per heavy atom. The summed E-state index contributed by atoms with van der Waals surface area (Å²) in [5.74, 6) is -1.50. The quantitative estimate of drug-likeness (QED) is 0.678. The largest absolute Gasteiger partial charge is 0.480 e. The number of carboxylic acid groups (broad SMARTS) is 1. The monoisotopic (exact) mass is 296 g/mol. The third kappa shape index (κ3) is 2.61. The van der Waals surface area contributed by atoms with Crippen molar-refractivity contribution in [3.8, 4) is 0 Å². The standard InChI is InChI=1S/C14H18FN3O3/c1-9(2)7-18(10-4-5-12(15)16-6-10)8-11(13(19)20)17(3)14(18)21/h4-6,9,11H,7-8H2,1-3H3/p+1. The van der Waals surface area contributed by atoms with Crippen LogP contribution in [0.25, 0.3) is 0 Å². The van der Waals surface area contributed by atoms with E-state index >= 15 is 0 Å². The van der Waals surface area contributed by atoms with E-state index in [9.17, 15) is 19.1 Å². The smallest absolute Gasteiger partial charge is 0.425 e. The number of halogens is 1. The van der Waals surface area contributed by atoms with Gasteiger partial charge in [0.05, 0.1) is 12.7 Å². The molecule has 0 saturated carbocycles. The highest BCUT2D eigenvalue weighted by Crippen LogP contribution is 2.32. The number of urea groups is 1. The van der Waals surface area contributed by atoms with Gasteiger partial charge in [0.2, 0.25) is 5.95 Å². The van der Waals surface area contributed by atoms with Crippen LogP contribution in [0, 0.1) is 11.9 Å². The number of rotatable bonds is 4. The molecule has 0 radical (unpaired) electrons. The molecule has 1 aromatic heterocycles. The number of hydrogen-bond acceptors (Lipinski definition) is 3. The van der Waals surface area contributed by atoms with Gasteiger partial charge in [0.15, 0.2) is 11.7 Å². The van der Waals surface area contributed by atoms with Crippen molar-refractivity contribution in [2.75, 3.05) is 20.1 Å². The summed E-state index contributed by atoms with van der Waals surface area (Å²) >= 11 is 0. The molecule has 1 saturated heterocycles. The molecule has 0 aliphatic carbocycles. The second-order valence-corrected chi connectivity index (χ2v) is 5.81. The van der Waals surface area contributed by atoms with E-state index in [-0.39, 0.29) is 23.0 Å². The molecular weight excluding hydrogens is 277 g/mol. The van der Waals surface area contributed by atoms with Crippen LogP contribution in [0.15, 0.2) is 18.3 Å². The highest BCUT2D eigenvalue weighted by Gasteiger charge is 2.55. The summed E-state index contributed by atoms with van der Waals surface area (Å²) in [7, 11) is 1.48. The lowest BCUT2D eigenvalue weighted by atomic mass is 10.1. The van der Waals surface area contributed by atoms with Crippen LogP contribution in [-0.2, 0) is 4.79 Å². The topological polar surface area (TPSA) is 70.5 Å². The SMILES string of the molecule is CC(C)C[N+]1(c2ccc(F)nc2)CC(C(=O)O)N(C)C1=O. The number of nitrogens with zero attached hydrogens (tertiary/aromatic N) is 3. The Balaban J connectivity index is 2.50.